The Bertz CT molecular complexity index is 841. The van der Waals surface area contributed by atoms with E-state index in [9.17, 15) is 9.59 Å². The number of nitrogens with zero attached hydrogens (tertiary/aromatic N) is 2. The lowest BCUT2D eigenvalue weighted by Gasteiger charge is -2.39. The molecule has 6 nitrogen and oxygen atoms in total. The number of amides is 2. The third-order valence-electron chi connectivity index (χ3n) is 5.17. The summed E-state index contributed by atoms with van der Waals surface area (Å²) in [5.74, 6) is 0.783. The number of piperazine rings is 1. The molecule has 2 aromatic rings. The summed E-state index contributed by atoms with van der Waals surface area (Å²) >= 11 is 0. The fourth-order valence-corrected chi connectivity index (χ4v) is 3.41. The Hall–Kier alpha value is -3.02. The molecule has 2 amide bonds. The first-order valence-electron chi connectivity index (χ1n) is 9.42. The quantitative estimate of drug-likeness (QED) is 0.797. The normalized spacial score (nSPS) is 16.9. The highest BCUT2D eigenvalue weighted by molar-refractivity contribution is 6.03. The van der Waals surface area contributed by atoms with Crippen LogP contribution in [0, 0.1) is 0 Å². The number of anilines is 1. The summed E-state index contributed by atoms with van der Waals surface area (Å²) < 4.78 is 10.5. The van der Waals surface area contributed by atoms with E-state index >= 15 is 0 Å². The Morgan fingerprint density at radius 2 is 1.64 bits per heavy atom. The summed E-state index contributed by atoms with van der Waals surface area (Å²) in [5, 5.41) is 0. The number of carbonyl (C=O) groups excluding carboxylic acids is 2. The largest absolute Gasteiger partial charge is 0.497 e. The van der Waals surface area contributed by atoms with E-state index in [1.54, 1.807) is 34.9 Å². The van der Waals surface area contributed by atoms with Gasteiger partial charge in [0.1, 0.15) is 17.5 Å². The lowest BCUT2D eigenvalue weighted by Crippen LogP contribution is -2.57. The molecule has 148 valence electrons. The standard InChI is InChI=1S/C22H26N2O4/c1-5-16-6-8-18(9-7-16)24-11-10-23(15(2)21(24)25)22(26)17-12-19(27-3)14-20(13-17)28-4/h6-9,12-15H,5,10-11H2,1-4H3/t15-/m1/s1. The van der Waals surface area contributed by atoms with Crippen LogP contribution in [0.2, 0.25) is 0 Å². The molecule has 3 rings (SSSR count). The van der Waals surface area contributed by atoms with Crippen LogP contribution in [0.3, 0.4) is 0 Å². The molecule has 1 aliphatic rings. The summed E-state index contributed by atoms with van der Waals surface area (Å²) in [5.41, 5.74) is 2.53. The van der Waals surface area contributed by atoms with Gasteiger partial charge in [0.25, 0.3) is 5.91 Å². The molecular formula is C22H26N2O4. The van der Waals surface area contributed by atoms with Gasteiger partial charge in [0.05, 0.1) is 14.2 Å². The Balaban J connectivity index is 1.80. The maximum atomic E-state index is 13.1. The summed E-state index contributed by atoms with van der Waals surface area (Å²) in [6.07, 6.45) is 0.955. The lowest BCUT2D eigenvalue weighted by atomic mass is 10.1. The number of aryl methyl sites for hydroxylation is 1. The molecule has 0 saturated carbocycles. The van der Waals surface area contributed by atoms with E-state index in [0.29, 0.717) is 30.2 Å². The van der Waals surface area contributed by atoms with Crippen LogP contribution in [-0.4, -0.2) is 50.1 Å². The van der Waals surface area contributed by atoms with Crippen molar-refractivity contribution in [2.24, 2.45) is 0 Å². The smallest absolute Gasteiger partial charge is 0.254 e. The van der Waals surface area contributed by atoms with Crippen molar-refractivity contribution < 1.29 is 19.1 Å². The Kier molecular flexibility index (Phi) is 5.87. The van der Waals surface area contributed by atoms with E-state index in [1.165, 1.54) is 19.8 Å². The molecule has 0 aromatic heterocycles. The van der Waals surface area contributed by atoms with Gasteiger partial charge in [-0.25, -0.2) is 0 Å². The van der Waals surface area contributed by atoms with Crippen LogP contribution >= 0.6 is 0 Å². The second-order valence-corrected chi connectivity index (χ2v) is 6.79. The lowest BCUT2D eigenvalue weighted by molar-refractivity contribution is -0.124. The molecule has 0 aliphatic carbocycles. The summed E-state index contributed by atoms with van der Waals surface area (Å²) in [6.45, 7) is 4.78. The molecule has 2 aromatic carbocycles. The molecule has 0 spiro atoms. The molecule has 1 atom stereocenters. The maximum Gasteiger partial charge on any atom is 0.254 e. The van der Waals surface area contributed by atoms with E-state index < -0.39 is 6.04 Å². The second-order valence-electron chi connectivity index (χ2n) is 6.79. The number of hydrogen-bond donors (Lipinski definition) is 0. The van der Waals surface area contributed by atoms with Crippen LogP contribution in [0.1, 0.15) is 29.8 Å². The average Bonchev–Trinajstić information content (AvgIpc) is 2.74. The van der Waals surface area contributed by atoms with Gasteiger partial charge < -0.3 is 19.3 Å². The molecule has 1 aliphatic heterocycles. The highest BCUT2D eigenvalue weighted by Crippen LogP contribution is 2.26. The van der Waals surface area contributed by atoms with Crippen LogP contribution in [0.15, 0.2) is 42.5 Å². The minimum Gasteiger partial charge on any atom is -0.497 e. The zero-order valence-electron chi connectivity index (χ0n) is 16.8. The van der Waals surface area contributed by atoms with Gasteiger partial charge >= 0.3 is 0 Å². The van der Waals surface area contributed by atoms with Gasteiger partial charge in [-0.1, -0.05) is 19.1 Å². The monoisotopic (exact) mass is 382 g/mol. The average molecular weight is 382 g/mol. The minimum absolute atomic E-state index is 0.0845. The molecular weight excluding hydrogens is 356 g/mol. The molecule has 1 heterocycles. The number of rotatable bonds is 5. The number of carbonyl (C=O) groups is 2. The van der Waals surface area contributed by atoms with Crippen LogP contribution in [0.4, 0.5) is 5.69 Å². The summed E-state index contributed by atoms with van der Waals surface area (Å²) in [6, 6.07) is 12.5. The van der Waals surface area contributed by atoms with Gasteiger partial charge in [-0.3, -0.25) is 9.59 Å². The zero-order chi connectivity index (χ0) is 20.3. The summed E-state index contributed by atoms with van der Waals surface area (Å²) in [4.78, 5) is 29.4. The van der Waals surface area contributed by atoms with E-state index in [-0.39, 0.29) is 11.8 Å². The van der Waals surface area contributed by atoms with Crippen molar-refractivity contribution in [2.45, 2.75) is 26.3 Å². The summed E-state index contributed by atoms with van der Waals surface area (Å²) in [7, 11) is 3.08. The van der Waals surface area contributed by atoms with Crippen molar-refractivity contribution in [3.05, 3.63) is 53.6 Å². The van der Waals surface area contributed by atoms with Crippen molar-refractivity contribution in [3.8, 4) is 11.5 Å². The van der Waals surface area contributed by atoms with Crippen molar-refractivity contribution in [1.82, 2.24) is 4.90 Å². The number of benzene rings is 2. The van der Waals surface area contributed by atoms with E-state index in [2.05, 4.69) is 6.92 Å². The van der Waals surface area contributed by atoms with Gasteiger partial charge in [0.15, 0.2) is 0 Å². The van der Waals surface area contributed by atoms with Crippen LogP contribution in [0.5, 0.6) is 11.5 Å². The van der Waals surface area contributed by atoms with Crippen LogP contribution in [-0.2, 0) is 11.2 Å². The molecule has 0 unspecified atom stereocenters. The highest BCUT2D eigenvalue weighted by Gasteiger charge is 2.35. The first-order valence-corrected chi connectivity index (χ1v) is 9.42. The molecule has 1 fully saturated rings. The minimum atomic E-state index is -0.552. The predicted octanol–water partition coefficient (Wildman–Crippen LogP) is 3.14. The van der Waals surface area contributed by atoms with Gasteiger partial charge in [-0.15, -0.1) is 0 Å². The Labute approximate surface area is 165 Å². The van der Waals surface area contributed by atoms with Crippen molar-refractivity contribution >= 4 is 17.5 Å². The number of ether oxygens (including phenoxy) is 2. The topological polar surface area (TPSA) is 59.1 Å². The second kappa shape index (κ2) is 8.33. The van der Waals surface area contributed by atoms with Gasteiger partial charge in [0, 0.05) is 30.4 Å². The van der Waals surface area contributed by atoms with Gasteiger partial charge in [0.2, 0.25) is 5.91 Å². The molecule has 1 saturated heterocycles. The SMILES string of the molecule is CCc1ccc(N2CCN(C(=O)c3cc(OC)cc(OC)c3)[C@H](C)C2=O)cc1. The molecule has 0 bridgehead atoms. The maximum absolute atomic E-state index is 13.1. The predicted molar refractivity (Wildman–Crippen MR) is 108 cm³/mol. The first-order chi connectivity index (χ1) is 13.5. The van der Waals surface area contributed by atoms with Crippen LogP contribution in [0.25, 0.3) is 0 Å². The van der Waals surface area contributed by atoms with Crippen molar-refractivity contribution in [3.63, 3.8) is 0 Å². The number of hydrogen-bond acceptors (Lipinski definition) is 4. The Morgan fingerprint density at radius 1 is 1.04 bits per heavy atom. The molecule has 28 heavy (non-hydrogen) atoms. The molecule has 0 N–H and O–H groups in total. The van der Waals surface area contributed by atoms with Crippen LogP contribution < -0.4 is 14.4 Å². The third kappa shape index (κ3) is 3.81. The van der Waals surface area contributed by atoms with Gasteiger partial charge in [-0.2, -0.15) is 0 Å². The van der Waals surface area contributed by atoms with Gasteiger partial charge in [-0.05, 0) is 43.2 Å². The molecule has 6 heteroatoms. The van der Waals surface area contributed by atoms with Crippen molar-refractivity contribution in [1.29, 1.82) is 0 Å². The first kappa shape index (κ1) is 19.7. The molecule has 0 radical (unpaired) electrons. The highest BCUT2D eigenvalue weighted by atomic mass is 16.5. The van der Waals surface area contributed by atoms with E-state index in [4.69, 9.17) is 9.47 Å². The third-order valence-corrected chi connectivity index (χ3v) is 5.17. The number of methoxy groups -OCH3 is 2. The van der Waals surface area contributed by atoms with E-state index in [0.717, 1.165) is 12.1 Å². The zero-order valence-corrected chi connectivity index (χ0v) is 16.8. The van der Waals surface area contributed by atoms with Crippen molar-refractivity contribution in [2.75, 3.05) is 32.2 Å². The Morgan fingerprint density at radius 3 is 2.18 bits per heavy atom. The van der Waals surface area contributed by atoms with E-state index in [1.807, 2.05) is 24.3 Å². The fourth-order valence-electron chi connectivity index (χ4n) is 3.41. The fraction of sp³-hybridized carbons (Fsp3) is 0.364.